The van der Waals surface area contributed by atoms with Crippen molar-refractivity contribution in [3.05, 3.63) is 82.4 Å². The molecular weight excluding hydrogens is 554 g/mol. The van der Waals surface area contributed by atoms with Crippen LogP contribution >= 0.6 is 11.6 Å². The highest BCUT2D eigenvalue weighted by Crippen LogP contribution is 2.62. The maximum Gasteiger partial charge on any atom is 0.229 e. The molecule has 2 aliphatic carbocycles. The highest BCUT2D eigenvalue weighted by Gasteiger charge is 2.68. The van der Waals surface area contributed by atoms with Crippen molar-refractivity contribution in [2.45, 2.75) is 37.6 Å². The number of carbonyl (C=O) groups excluding carboxylic acids is 1. The normalized spacial score (nSPS) is 24.7. The number of rotatable bonds is 5. The van der Waals surface area contributed by atoms with Crippen LogP contribution in [0.15, 0.2) is 48.8 Å². The lowest BCUT2D eigenvalue weighted by Crippen LogP contribution is -2.55. The molecule has 9 nitrogen and oxygen atoms in total. The fourth-order valence-corrected chi connectivity index (χ4v) is 6.26. The Morgan fingerprint density at radius 2 is 2.00 bits per heavy atom. The summed E-state index contributed by atoms with van der Waals surface area (Å²) >= 11 is 6.13. The third kappa shape index (κ3) is 4.48. The first-order valence-corrected chi connectivity index (χ1v) is 13.4. The average molecular weight is 579 g/mol. The number of nitrogens with one attached hydrogen (secondary N) is 2. The monoisotopic (exact) mass is 578 g/mol. The number of carbonyl (C=O) groups is 1. The predicted molar refractivity (Wildman–Crippen MR) is 147 cm³/mol. The molecule has 0 unspecified atom stereocenters. The number of imidazole rings is 1. The minimum Gasteiger partial charge on any atom is -0.389 e. The minimum absolute atomic E-state index is 0.0665. The van der Waals surface area contributed by atoms with E-state index in [9.17, 15) is 23.8 Å². The van der Waals surface area contributed by atoms with E-state index < -0.39 is 35.3 Å². The van der Waals surface area contributed by atoms with Gasteiger partial charge in [-0.05, 0) is 60.6 Å². The Kier molecular flexibility index (Phi) is 6.85. The van der Waals surface area contributed by atoms with Gasteiger partial charge in [-0.1, -0.05) is 29.7 Å². The van der Waals surface area contributed by atoms with Crippen molar-refractivity contribution in [2.24, 2.45) is 11.3 Å². The molecule has 210 valence electrons. The van der Waals surface area contributed by atoms with E-state index in [1.54, 1.807) is 16.7 Å². The number of benzene rings is 2. The standard InChI is InChI=1S/C29H25ClF2N6O3/c1-33-28(41)29-10-9-18(29)23(24(39)25(29)40)38-14-35-22-26(34-13-16-3-2-4-17(30)11-16)36-21(37-27(22)38)8-6-15-5-7-19(31)20(32)12-15/h2-5,7,11-12,14,18,23-25,39-40H,9-10,13H2,1H3,(H,33,41)(H,34,36,37)/t18-,23-,24+,25+,29+/m1/s1. The van der Waals surface area contributed by atoms with Crippen molar-refractivity contribution < 1.29 is 23.8 Å². The molecule has 2 aromatic carbocycles. The largest absolute Gasteiger partial charge is 0.389 e. The lowest BCUT2D eigenvalue weighted by Gasteiger charge is -2.46. The molecule has 0 bridgehead atoms. The lowest BCUT2D eigenvalue weighted by molar-refractivity contribution is -0.151. The minimum atomic E-state index is -1.27. The average Bonchev–Trinajstić information content (AvgIpc) is 3.43. The van der Waals surface area contributed by atoms with Crippen molar-refractivity contribution in [3.63, 3.8) is 0 Å². The van der Waals surface area contributed by atoms with E-state index in [0.29, 0.717) is 41.4 Å². The van der Waals surface area contributed by atoms with E-state index in [2.05, 4.69) is 37.4 Å². The second-order valence-corrected chi connectivity index (χ2v) is 10.7. The summed E-state index contributed by atoms with van der Waals surface area (Å²) in [5.74, 6) is 3.31. The van der Waals surface area contributed by atoms with E-state index in [-0.39, 0.29) is 23.2 Å². The van der Waals surface area contributed by atoms with Gasteiger partial charge in [0, 0.05) is 24.2 Å². The van der Waals surface area contributed by atoms with Gasteiger partial charge in [0.2, 0.25) is 11.7 Å². The summed E-state index contributed by atoms with van der Waals surface area (Å²) in [6.45, 7) is 0.350. The van der Waals surface area contributed by atoms with Crippen LogP contribution in [0.25, 0.3) is 11.2 Å². The van der Waals surface area contributed by atoms with E-state index in [0.717, 1.165) is 17.7 Å². The van der Waals surface area contributed by atoms with Gasteiger partial charge in [0.15, 0.2) is 28.6 Å². The van der Waals surface area contributed by atoms with Crippen LogP contribution < -0.4 is 10.6 Å². The van der Waals surface area contributed by atoms with E-state index in [4.69, 9.17) is 11.6 Å². The molecule has 0 aliphatic heterocycles. The number of aliphatic hydroxyl groups excluding tert-OH is 2. The number of aliphatic hydroxyl groups is 2. The van der Waals surface area contributed by atoms with Crippen LogP contribution in [0, 0.1) is 34.8 Å². The molecule has 41 heavy (non-hydrogen) atoms. The van der Waals surface area contributed by atoms with Gasteiger partial charge in [-0.2, -0.15) is 0 Å². The van der Waals surface area contributed by atoms with Gasteiger partial charge in [0.1, 0.15) is 6.10 Å². The third-order valence-electron chi connectivity index (χ3n) is 8.12. The fraction of sp³-hybridized carbons (Fsp3) is 0.310. The van der Waals surface area contributed by atoms with Crippen LogP contribution in [-0.4, -0.2) is 54.9 Å². The van der Waals surface area contributed by atoms with Crippen molar-refractivity contribution in [2.75, 3.05) is 12.4 Å². The molecule has 2 aliphatic rings. The maximum atomic E-state index is 13.7. The number of aromatic nitrogens is 4. The smallest absolute Gasteiger partial charge is 0.229 e. The van der Waals surface area contributed by atoms with E-state index in [1.807, 2.05) is 12.1 Å². The summed E-state index contributed by atoms with van der Waals surface area (Å²) in [6, 6.07) is 9.93. The lowest BCUT2D eigenvalue weighted by atomic mass is 9.59. The quantitative estimate of drug-likeness (QED) is 0.268. The molecule has 5 atom stereocenters. The molecule has 2 saturated carbocycles. The van der Waals surface area contributed by atoms with Gasteiger partial charge in [0.25, 0.3) is 0 Å². The Bertz CT molecular complexity index is 1740. The van der Waals surface area contributed by atoms with Crippen molar-refractivity contribution in [1.29, 1.82) is 0 Å². The van der Waals surface area contributed by atoms with E-state index in [1.165, 1.54) is 19.4 Å². The molecule has 4 N–H and O–H groups in total. The molecule has 2 aromatic heterocycles. The molecule has 1 amide bonds. The first-order chi connectivity index (χ1) is 19.7. The molecule has 12 heteroatoms. The Morgan fingerprint density at radius 1 is 1.17 bits per heavy atom. The summed E-state index contributed by atoms with van der Waals surface area (Å²) in [5.41, 5.74) is 0.736. The fourth-order valence-electron chi connectivity index (χ4n) is 6.05. The molecule has 2 fully saturated rings. The van der Waals surface area contributed by atoms with Crippen LogP contribution in [-0.2, 0) is 11.3 Å². The predicted octanol–water partition coefficient (Wildman–Crippen LogP) is 3.19. The van der Waals surface area contributed by atoms with Crippen molar-refractivity contribution in [3.8, 4) is 11.8 Å². The third-order valence-corrected chi connectivity index (χ3v) is 8.36. The first-order valence-electron chi connectivity index (χ1n) is 13.0. The van der Waals surface area contributed by atoms with Crippen molar-refractivity contribution >= 4 is 34.5 Å². The topological polar surface area (TPSA) is 125 Å². The van der Waals surface area contributed by atoms with Gasteiger partial charge in [0.05, 0.1) is 23.9 Å². The number of anilines is 1. The molecular formula is C29H25ClF2N6O3. The van der Waals surface area contributed by atoms with Crippen LogP contribution in [0.3, 0.4) is 0 Å². The summed E-state index contributed by atoms with van der Waals surface area (Å²) in [6.07, 6.45) is 0.0744. The molecule has 6 rings (SSSR count). The Hall–Kier alpha value is -4.11. The summed E-state index contributed by atoms with van der Waals surface area (Å²) in [4.78, 5) is 26.5. The number of nitrogens with zero attached hydrogens (tertiary/aromatic N) is 4. The number of halogens is 3. The SMILES string of the molecule is CNC(=O)[C@@]12CC[C@@H]1[C@@H](n1cnc3c(NCc4cccc(Cl)c4)nc(C#Cc4ccc(F)c(F)c4)nc31)[C@H](O)[C@@H]2O. The summed E-state index contributed by atoms with van der Waals surface area (Å²) in [5, 5.41) is 28.6. The van der Waals surface area contributed by atoms with Crippen LogP contribution in [0.2, 0.25) is 5.02 Å². The summed E-state index contributed by atoms with van der Waals surface area (Å²) in [7, 11) is 1.51. The van der Waals surface area contributed by atoms with Gasteiger partial charge in [-0.15, -0.1) is 0 Å². The van der Waals surface area contributed by atoms with Crippen molar-refractivity contribution in [1.82, 2.24) is 24.8 Å². The molecule has 4 aromatic rings. The van der Waals surface area contributed by atoms with Crippen LogP contribution in [0.4, 0.5) is 14.6 Å². The zero-order valence-corrected chi connectivity index (χ0v) is 22.5. The number of amides is 1. The number of hydrogen-bond donors (Lipinski definition) is 4. The highest BCUT2D eigenvalue weighted by molar-refractivity contribution is 6.30. The zero-order chi connectivity index (χ0) is 28.9. The highest BCUT2D eigenvalue weighted by atomic mass is 35.5. The summed E-state index contributed by atoms with van der Waals surface area (Å²) < 4.78 is 28.8. The van der Waals surface area contributed by atoms with Gasteiger partial charge >= 0.3 is 0 Å². The number of fused-ring (bicyclic) bond motifs is 2. The van der Waals surface area contributed by atoms with E-state index >= 15 is 0 Å². The Labute approximate surface area is 238 Å². The van der Waals surface area contributed by atoms with Crippen LogP contribution in [0.1, 0.15) is 35.8 Å². The zero-order valence-electron chi connectivity index (χ0n) is 21.8. The molecule has 0 saturated heterocycles. The van der Waals surface area contributed by atoms with Crippen LogP contribution in [0.5, 0.6) is 0 Å². The van der Waals surface area contributed by atoms with Gasteiger partial charge in [-0.25, -0.2) is 23.7 Å². The Balaban J connectivity index is 1.43. The van der Waals surface area contributed by atoms with Gasteiger partial charge < -0.3 is 25.4 Å². The number of hydrogen-bond acceptors (Lipinski definition) is 7. The van der Waals surface area contributed by atoms with Gasteiger partial charge in [-0.3, -0.25) is 4.79 Å². The molecule has 0 radical (unpaired) electrons. The second-order valence-electron chi connectivity index (χ2n) is 10.3. The first kappa shape index (κ1) is 27.1. The Morgan fingerprint density at radius 3 is 2.71 bits per heavy atom. The maximum absolute atomic E-state index is 13.7. The molecule has 2 heterocycles. The second kappa shape index (κ2) is 10.4. The molecule has 0 spiro atoms.